The topological polar surface area (TPSA) is 108 Å². The molecule has 33 heavy (non-hydrogen) atoms. The van der Waals surface area contributed by atoms with Crippen LogP contribution in [0.2, 0.25) is 0 Å². The molecule has 0 spiro atoms. The van der Waals surface area contributed by atoms with Crippen LogP contribution in [-0.4, -0.2) is 66.6 Å². The molecule has 3 amide bonds. The van der Waals surface area contributed by atoms with Gasteiger partial charge in [0.05, 0.1) is 25.4 Å². The van der Waals surface area contributed by atoms with Gasteiger partial charge in [0.15, 0.2) is 13.1 Å². The second-order valence-corrected chi connectivity index (χ2v) is 9.46. The summed E-state index contributed by atoms with van der Waals surface area (Å²) < 4.78 is 0.418. The van der Waals surface area contributed by atoms with Gasteiger partial charge >= 0.3 is 0 Å². The molecule has 0 atom stereocenters. The number of aliphatic hydroxyl groups is 1. The van der Waals surface area contributed by atoms with Crippen molar-refractivity contribution in [2.24, 2.45) is 0 Å². The quantitative estimate of drug-likeness (QED) is 0.396. The monoisotopic (exact) mass is 473 g/mol. The Hall–Kier alpha value is -2.75. The van der Waals surface area contributed by atoms with Crippen molar-refractivity contribution in [2.45, 2.75) is 32.7 Å². The summed E-state index contributed by atoms with van der Waals surface area (Å²) in [6, 6.07) is 9.76. The van der Waals surface area contributed by atoms with E-state index in [1.807, 2.05) is 42.6 Å². The zero-order valence-electron chi connectivity index (χ0n) is 19.1. The third-order valence-corrected chi connectivity index (χ3v) is 7.00. The third kappa shape index (κ3) is 7.12. The molecule has 0 saturated carbocycles. The van der Waals surface area contributed by atoms with Gasteiger partial charge < -0.3 is 25.5 Å². The summed E-state index contributed by atoms with van der Waals surface area (Å²) in [7, 11) is 0. The molecule has 8 nitrogen and oxygen atoms in total. The number of piperidine rings is 1. The third-order valence-electron chi connectivity index (χ3n) is 5.90. The van der Waals surface area contributed by atoms with Crippen LogP contribution >= 0.6 is 11.3 Å². The fourth-order valence-electron chi connectivity index (χ4n) is 4.21. The van der Waals surface area contributed by atoms with Crippen molar-refractivity contribution in [2.75, 3.05) is 44.6 Å². The van der Waals surface area contributed by atoms with Gasteiger partial charge in [-0.2, -0.15) is 0 Å². The van der Waals surface area contributed by atoms with E-state index in [4.69, 9.17) is 5.11 Å². The highest BCUT2D eigenvalue weighted by molar-refractivity contribution is 7.13. The maximum atomic E-state index is 13.1. The Morgan fingerprint density at radius 3 is 2.39 bits per heavy atom. The number of nitrogens with zero attached hydrogens (tertiary/aromatic N) is 1. The van der Waals surface area contributed by atoms with Crippen molar-refractivity contribution in [3.05, 3.63) is 51.7 Å². The number of likely N-dealkylation sites (tertiary alicyclic amines) is 1. The van der Waals surface area contributed by atoms with Crippen molar-refractivity contribution < 1.29 is 24.0 Å². The lowest BCUT2D eigenvalue weighted by Gasteiger charge is -2.40. The molecule has 1 fully saturated rings. The van der Waals surface area contributed by atoms with Crippen LogP contribution in [0.4, 0.5) is 5.69 Å². The first kappa shape index (κ1) is 24.9. The Kier molecular flexibility index (Phi) is 8.99. The van der Waals surface area contributed by atoms with E-state index < -0.39 is 0 Å². The van der Waals surface area contributed by atoms with Crippen molar-refractivity contribution in [3.8, 4) is 0 Å². The number of nitrogens with one attached hydrogen (secondary N) is 3. The first-order valence-corrected chi connectivity index (χ1v) is 12.2. The lowest BCUT2D eigenvalue weighted by atomic mass is 10.1. The Morgan fingerprint density at radius 1 is 1.00 bits per heavy atom. The van der Waals surface area contributed by atoms with Crippen molar-refractivity contribution in [1.82, 2.24) is 10.6 Å². The van der Waals surface area contributed by atoms with Gasteiger partial charge in [-0.3, -0.25) is 14.4 Å². The Morgan fingerprint density at radius 2 is 1.70 bits per heavy atom. The molecule has 2 aromatic rings. The summed E-state index contributed by atoms with van der Waals surface area (Å²) in [5.74, 6) is -0.589. The Balaban J connectivity index is 1.64. The van der Waals surface area contributed by atoms with E-state index in [-0.39, 0.29) is 44.0 Å². The Labute approximate surface area is 198 Å². The van der Waals surface area contributed by atoms with Gasteiger partial charge in [-0.25, -0.2) is 0 Å². The van der Waals surface area contributed by atoms with Gasteiger partial charge in [0.1, 0.15) is 4.88 Å². The van der Waals surface area contributed by atoms with E-state index >= 15 is 0 Å². The fraction of sp³-hybridized carbons (Fsp3) is 0.458. The van der Waals surface area contributed by atoms with Crippen LogP contribution in [0.5, 0.6) is 0 Å². The highest BCUT2D eigenvalue weighted by atomic mass is 32.1. The number of aryl methyl sites for hydroxylation is 1. The van der Waals surface area contributed by atoms with Gasteiger partial charge in [0.2, 0.25) is 0 Å². The van der Waals surface area contributed by atoms with Crippen LogP contribution in [0, 0.1) is 6.92 Å². The lowest BCUT2D eigenvalue weighted by Crippen LogP contribution is -2.59. The molecule has 178 valence electrons. The number of rotatable bonds is 10. The number of hydrogen-bond acceptors (Lipinski definition) is 5. The molecule has 0 aliphatic carbocycles. The smallest absolute Gasteiger partial charge is 0.279 e. The second-order valence-electron chi connectivity index (χ2n) is 8.58. The van der Waals surface area contributed by atoms with E-state index in [1.165, 1.54) is 11.3 Å². The number of thiophene rings is 1. The minimum Gasteiger partial charge on any atom is -0.395 e. The largest absolute Gasteiger partial charge is 0.395 e. The number of anilines is 1. The minimum absolute atomic E-state index is 0.0654. The number of carbonyl (C=O) groups is 3. The van der Waals surface area contributed by atoms with Gasteiger partial charge in [-0.1, -0.05) is 30.3 Å². The summed E-state index contributed by atoms with van der Waals surface area (Å²) in [6.07, 6.45) is 3.06. The van der Waals surface area contributed by atoms with E-state index in [0.29, 0.717) is 21.6 Å². The molecular weight excluding hydrogens is 440 g/mol. The molecule has 0 bridgehead atoms. The molecule has 3 rings (SSSR count). The summed E-state index contributed by atoms with van der Waals surface area (Å²) in [5, 5.41) is 19.3. The molecule has 1 aromatic carbocycles. The molecule has 4 N–H and O–H groups in total. The van der Waals surface area contributed by atoms with Gasteiger partial charge in [0.25, 0.3) is 17.7 Å². The molecule has 1 aromatic heterocycles. The maximum absolute atomic E-state index is 13.1. The van der Waals surface area contributed by atoms with Crippen LogP contribution in [0.1, 0.15) is 40.1 Å². The van der Waals surface area contributed by atoms with Gasteiger partial charge in [0, 0.05) is 13.1 Å². The van der Waals surface area contributed by atoms with Gasteiger partial charge in [-0.05, 0) is 42.7 Å². The maximum Gasteiger partial charge on any atom is 0.279 e. The van der Waals surface area contributed by atoms with Crippen molar-refractivity contribution in [3.63, 3.8) is 0 Å². The minimum atomic E-state index is -0.320. The van der Waals surface area contributed by atoms with E-state index in [9.17, 15) is 14.4 Å². The summed E-state index contributed by atoms with van der Waals surface area (Å²) in [5.41, 5.74) is 2.35. The van der Waals surface area contributed by atoms with Crippen LogP contribution in [0.25, 0.3) is 0 Å². The number of amides is 3. The molecule has 1 saturated heterocycles. The first-order valence-electron chi connectivity index (χ1n) is 11.4. The number of aliphatic hydroxyl groups excluding tert-OH is 1. The first-order chi connectivity index (χ1) is 15.9. The summed E-state index contributed by atoms with van der Waals surface area (Å²) in [6.45, 7) is 4.31. The molecule has 0 radical (unpaired) electrons. The van der Waals surface area contributed by atoms with Crippen molar-refractivity contribution in [1.29, 1.82) is 0 Å². The number of benzene rings is 1. The van der Waals surface area contributed by atoms with Crippen LogP contribution < -0.4 is 16.0 Å². The van der Waals surface area contributed by atoms with Crippen molar-refractivity contribution >= 4 is 34.7 Å². The van der Waals surface area contributed by atoms with E-state index in [1.54, 1.807) is 0 Å². The normalized spacial score (nSPS) is 15.0. The van der Waals surface area contributed by atoms with Gasteiger partial charge in [-0.15, -0.1) is 11.3 Å². The average molecular weight is 474 g/mol. The molecular formula is C24H33N4O4S+. The van der Waals surface area contributed by atoms with Crippen LogP contribution in [-0.2, 0) is 16.1 Å². The summed E-state index contributed by atoms with van der Waals surface area (Å²) in [4.78, 5) is 38.6. The lowest BCUT2D eigenvalue weighted by molar-refractivity contribution is -0.917. The predicted molar refractivity (Wildman–Crippen MR) is 129 cm³/mol. The number of hydrogen-bond donors (Lipinski definition) is 4. The molecule has 9 heteroatoms. The fourth-order valence-corrected chi connectivity index (χ4v) is 5.13. The highest BCUT2D eigenvalue weighted by Gasteiger charge is 2.35. The zero-order valence-corrected chi connectivity index (χ0v) is 19.9. The SMILES string of the molecule is Cc1csc(C(=O)NCCO)c1NC(=O)C[N+]1(CC(=O)NCc2ccccc2)CCCCC1. The molecule has 1 aliphatic heterocycles. The second kappa shape index (κ2) is 11.9. The summed E-state index contributed by atoms with van der Waals surface area (Å²) >= 11 is 1.26. The standard InChI is InChI=1S/C24H32N4O4S/c1-18-17-33-23(24(32)25-10-13-29)22(18)27-21(31)16-28(11-6-3-7-12-28)15-20(30)26-14-19-8-4-2-5-9-19/h2,4-5,8-9,17,29H,3,6-7,10-16H2,1H3,(H2-,25,26,27,30,31,32)/p+1. The Bertz CT molecular complexity index is 955. The zero-order chi connectivity index (χ0) is 23.7. The van der Waals surface area contributed by atoms with Crippen LogP contribution in [0.3, 0.4) is 0 Å². The predicted octanol–water partition coefficient (Wildman–Crippen LogP) is 2.03. The molecule has 1 aliphatic rings. The number of carbonyl (C=O) groups excluding carboxylic acids is 3. The highest BCUT2D eigenvalue weighted by Crippen LogP contribution is 2.28. The molecule has 2 heterocycles. The number of quaternary nitrogens is 1. The van der Waals surface area contributed by atoms with E-state index in [2.05, 4.69) is 16.0 Å². The van der Waals surface area contributed by atoms with Crippen LogP contribution in [0.15, 0.2) is 35.7 Å². The van der Waals surface area contributed by atoms with E-state index in [0.717, 1.165) is 43.5 Å². The molecule has 0 unspecified atom stereocenters. The average Bonchev–Trinajstić information content (AvgIpc) is 3.17.